The molecule has 1 amide bonds. The second kappa shape index (κ2) is 10.3. The van der Waals surface area contributed by atoms with Gasteiger partial charge in [-0.1, -0.05) is 12.1 Å². The van der Waals surface area contributed by atoms with Crippen LogP contribution in [-0.2, 0) is 22.9 Å². The molecule has 1 heterocycles. The fourth-order valence-corrected chi connectivity index (χ4v) is 6.12. The SMILES string of the molecule is Cc1cc(S(=O)(=O)NC(C)C2CCNCC2)ccc1NC(=O)c1cccc2c1CCC2.Cl. The highest BCUT2D eigenvalue weighted by Gasteiger charge is 2.26. The van der Waals surface area contributed by atoms with Crippen molar-refractivity contribution in [2.45, 2.75) is 56.9 Å². The minimum atomic E-state index is -3.62. The summed E-state index contributed by atoms with van der Waals surface area (Å²) < 4.78 is 28.7. The third-order valence-electron chi connectivity index (χ3n) is 6.58. The highest BCUT2D eigenvalue weighted by Crippen LogP contribution is 2.27. The number of benzene rings is 2. The van der Waals surface area contributed by atoms with E-state index in [0.29, 0.717) is 17.2 Å². The predicted octanol–water partition coefficient (Wildman–Crippen LogP) is 3.82. The fourth-order valence-electron chi connectivity index (χ4n) is 4.72. The van der Waals surface area contributed by atoms with Gasteiger partial charge in [-0.3, -0.25) is 4.79 Å². The Morgan fingerprint density at radius 1 is 1.12 bits per heavy atom. The molecule has 174 valence electrons. The Labute approximate surface area is 197 Å². The zero-order chi connectivity index (χ0) is 22.0. The highest BCUT2D eigenvalue weighted by atomic mass is 35.5. The van der Waals surface area contributed by atoms with Gasteiger partial charge in [-0.05, 0) is 106 Å². The van der Waals surface area contributed by atoms with Gasteiger partial charge in [-0.15, -0.1) is 12.4 Å². The van der Waals surface area contributed by atoms with Crippen molar-refractivity contribution < 1.29 is 13.2 Å². The van der Waals surface area contributed by atoms with E-state index >= 15 is 0 Å². The first-order valence-electron chi connectivity index (χ1n) is 11.1. The van der Waals surface area contributed by atoms with E-state index < -0.39 is 10.0 Å². The van der Waals surface area contributed by atoms with Crippen LogP contribution in [0.2, 0.25) is 0 Å². The van der Waals surface area contributed by atoms with Gasteiger partial charge in [0.05, 0.1) is 4.90 Å². The summed E-state index contributed by atoms with van der Waals surface area (Å²) in [6.07, 6.45) is 4.96. The van der Waals surface area contributed by atoms with Gasteiger partial charge in [-0.2, -0.15) is 0 Å². The van der Waals surface area contributed by atoms with E-state index in [0.717, 1.165) is 56.3 Å². The van der Waals surface area contributed by atoms with Crippen molar-refractivity contribution in [1.29, 1.82) is 0 Å². The second-order valence-corrected chi connectivity index (χ2v) is 10.4. The van der Waals surface area contributed by atoms with Gasteiger partial charge in [0.15, 0.2) is 0 Å². The molecule has 1 fully saturated rings. The number of nitrogens with one attached hydrogen (secondary N) is 3. The summed E-state index contributed by atoms with van der Waals surface area (Å²) in [5.74, 6) is 0.193. The number of anilines is 1. The molecule has 1 unspecified atom stereocenters. The first-order chi connectivity index (χ1) is 14.8. The maximum absolute atomic E-state index is 12.9. The molecule has 1 aliphatic heterocycles. The van der Waals surface area contributed by atoms with Crippen LogP contribution < -0.4 is 15.4 Å². The molecule has 0 aromatic heterocycles. The van der Waals surface area contributed by atoms with E-state index in [1.165, 1.54) is 5.56 Å². The van der Waals surface area contributed by atoms with Gasteiger partial charge >= 0.3 is 0 Å². The number of amides is 1. The van der Waals surface area contributed by atoms with Crippen LogP contribution >= 0.6 is 12.4 Å². The number of fused-ring (bicyclic) bond motifs is 1. The number of piperidine rings is 1. The minimum absolute atomic E-state index is 0. The molecule has 6 nitrogen and oxygen atoms in total. The number of halogens is 1. The Balaban J connectivity index is 0.00000289. The number of carbonyl (C=O) groups excluding carboxylic acids is 1. The fraction of sp³-hybridized carbons (Fsp3) is 0.458. The maximum Gasteiger partial charge on any atom is 0.255 e. The standard InChI is InChI=1S/C24H31N3O3S.ClH/c1-16-15-20(31(29,30)27-17(2)18-11-13-25-14-12-18)9-10-23(16)26-24(28)22-8-4-6-19-5-3-7-21(19)22;/h4,6,8-10,15,17-18,25,27H,3,5,7,11-14H2,1-2H3,(H,26,28);1H. The lowest BCUT2D eigenvalue weighted by Crippen LogP contribution is -2.42. The molecular formula is C24H32ClN3O3S. The van der Waals surface area contributed by atoms with Crippen molar-refractivity contribution in [3.8, 4) is 0 Å². The molecule has 2 aromatic rings. The van der Waals surface area contributed by atoms with E-state index in [9.17, 15) is 13.2 Å². The lowest BCUT2D eigenvalue weighted by Gasteiger charge is -2.28. The third-order valence-corrected chi connectivity index (χ3v) is 8.14. The van der Waals surface area contributed by atoms with Gasteiger partial charge in [0.25, 0.3) is 5.91 Å². The van der Waals surface area contributed by atoms with Gasteiger partial charge in [0, 0.05) is 17.3 Å². The van der Waals surface area contributed by atoms with Crippen molar-refractivity contribution in [3.05, 3.63) is 58.7 Å². The number of hydrogen-bond donors (Lipinski definition) is 3. The topological polar surface area (TPSA) is 87.3 Å². The molecule has 2 aromatic carbocycles. The van der Waals surface area contributed by atoms with Gasteiger partial charge in [0.1, 0.15) is 0 Å². The lowest BCUT2D eigenvalue weighted by atomic mass is 9.92. The van der Waals surface area contributed by atoms with Crippen molar-refractivity contribution in [1.82, 2.24) is 10.0 Å². The van der Waals surface area contributed by atoms with Crippen LogP contribution in [0.25, 0.3) is 0 Å². The Hall–Kier alpha value is -1.93. The molecule has 2 aliphatic rings. The Bertz CT molecular complexity index is 1080. The van der Waals surface area contributed by atoms with Crippen LogP contribution in [0.5, 0.6) is 0 Å². The van der Waals surface area contributed by atoms with Gasteiger partial charge < -0.3 is 10.6 Å². The molecular weight excluding hydrogens is 446 g/mol. The Morgan fingerprint density at radius 2 is 1.88 bits per heavy atom. The normalized spacial score (nSPS) is 17.3. The second-order valence-electron chi connectivity index (χ2n) is 8.73. The molecule has 0 saturated carbocycles. The predicted molar refractivity (Wildman–Crippen MR) is 130 cm³/mol. The van der Waals surface area contributed by atoms with Crippen LogP contribution in [0.1, 0.15) is 53.2 Å². The highest BCUT2D eigenvalue weighted by molar-refractivity contribution is 7.89. The van der Waals surface area contributed by atoms with E-state index in [4.69, 9.17) is 0 Å². The number of rotatable bonds is 6. The number of aryl methyl sites for hydroxylation is 2. The van der Waals surface area contributed by atoms with Crippen molar-refractivity contribution in [3.63, 3.8) is 0 Å². The number of carbonyl (C=O) groups is 1. The van der Waals surface area contributed by atoms with E-state index in [1.807, 2.05) is 26.0 Å². The summed E-state index contributed by atoms with van der Waals surface area (Å²) in [5, 5.41) is 6.27. The zero-order valence-electron chi connectivity index (χ0n) is 18.6. The van der Waals surface area contributed by atoms with Crippen LogP contribution in [0.15, 0.2) is 41.3 Å². The minimum Gasteiger partial charge on any atom is -0.322 e. The number of sulfonamides is 1. The van der Waals surface area contributed by atoms with Crippen LogP contribution in [0, 0.1) is 12.8 Å². The van der Waals surface area contributed by atoms with E-state index in [-0.39, 0.29) is 29.3 Å². The van der Waals surface area contributed by atoms with Crippen LogP contribution in [-0.4, -0.2) is 33.5 Å². The summed E-state index contributed by atoms with van der Waals surface area (Å²) in [6, 6.07) is 10.6. The smallest absolute Gasteiger partial charge is 0.255 e. The molecule has 3 N–H and O–H groups in total. The molecule has 1 aliphatic carbocycles. The summed E-state index contributed by atoms with van der Waals surface area (Å²) >= 11 is 0. The van der Waals surface area contributed by atoms with Crippen molar-refractivity contribution >= 4 is 34.0 Å². The summed E-state index contributed by atoms with van der Waals surface area (Å²) in [5.41, 5.74) is 4.44. The molecule has 0 bridgehead atoms. The van der Waals surface area contributed by atoms with Gasteiger partial charge in [0.2, 0.25) is 10.0 Å². The molecule has 8 heteroatoms. The molecule has 1 saturated heterocycles. The molecule has 32 heavy (non-hydrogen) atoms. The van der Waals surface area contributed by atoms with E-state index in [2.05, 4.69) is 21.4 Å². The summed E-state index contributed by atoms with van der Waals surface area (Å²) in [7, 11) is -3.62. The van der Waals surface area contributed by atoms with Crippen LogP contribution in [0.4, 0.5) is 5.69 Å². The summed E-state index contributed by atoms with van der Waals surface area (Å²) in [4.78, 5) is 13.1. The van der Waals surface area contributed by atoms with Crippen LogP contribution in [0.3, 0.4) is 0 Å². The quantitative estimate of drug-likeness (QED) is 0.590. The molecule has 4 rings (SSSR count). The molecule has 0 radical (unpaired) electrons. The van der Waals surface area contributed by atoms with Crippen molar-refractivity contribution in [2.75, 3.05) is 18.4 Å². The zero-order valence-corrected chi connectivity index (χ0v) is 20.2. The lowest BCUT2D eigenvalue weighted by molar-refractivity contribution is 0.102. The third kappa shape index (κ3) is 5.34. The molecule has 1 atom stereocenters. The van der Waals surface area contributed by atoms with Gasteiger partial charge in [-0.25, -0.2) is 13.1 Å². The first-order valence-corrected chi connectivity index (χ1v) is 12.6. The molecule has 0 spiro atoms. The largest absolute Gasteiger partial charge is 0.322 e. The maximum atomic E-state index is 12.9. The summed E-state index contributed by atoms with van der Waals surface area (Å²) in [6.45, 7) is 5.61. The van der Waals surface area contributed by atoms with E-state index in [1.54, 1.807) is 18.2 Å². The Morgan fingerprint density at radius 3 is 2.59 bits per heavy atom. The van der Waals surface area contributed by atoms with Crippen molar-refractivity contribution in [2.24, 2.45) is 5.92 Å². The first kappa shape index (κ1) is 24.7. The average Bonchev–Trinajstić information content (AvgIpc) is 3.24. The average molecular weight is 478 g/mol. The Kier molecular flexibility index (Phi) is 7.98. The monoisotopic (exact) mass is 477 g/mol. The number of hydrogen-bond acceptors (Lipinski definition) is 4.